The van der Waals surface area contributed by atoms with Gasteiger partial charge in [0.25, 0.3) is 5.69 Å². The second-order valence-corrected chi connectivity index (χ2v) is 6.08. The second-order valence-electron chi connectivity index (χ2n) is 6.08. The zero-order valence-electron chi connectivity index (χ0n) is 12.5. The number of methoxy groups -OCH3 is 1. The van der Waals surface area contributed by atoms with Crippen LogP contribution in [-0.2, 0) is 4.74 Å². The Bertz CT molecular complexity index is 667. The molecule has 0 N–H and O–H groups in total. The molecule has 1 saturated heterocycles. The standard InChI is InChI=1S/C15H16F2N2O4/c1-23-13(20)11-3-2-10(19(21)22)6-12(11)18-5-4-15(14(16)17)7-9(15)8-18/h2-3,6,9,14H,4-5,7-8H2,1H3. The van der Waals surface area contributed by atoms with Crippen molar-refractivity contribution in [3.8, 4) is 0 Å². The molecule has 6 nitrogen and oxygen atoms in total. The molecule has 0 aromatic heterocycles. The third-order valence-corrected chi connectivity index (χ3v) is 4.94. The van der Waals surface area contributed by atoms with Crippen LogP contribution < -0.4 is 4.90 Å². The van der Waals surface area contributed by atoms with Gasteiger partial charge in [-0.05, 0) is 24.8 Å². The Labute approximate surface area is 131 Å². The van der Waals surface area contributed by atoms with Gasteiger partial charge in [-0.1, -0.05) is 0 Å². The van der Waals surface area contributed by atoms with Gasteiger partial charge in [0.15, 0.2) is 0 Å². The summed E-state index contributed by atoms with van der Waals surface area (Å²) in [5.74, 6) is -0.739. The van der Waals surface area contributed by atoms with E-state index in [9.17, 15) is 23.7 Å². The molecule has 8 heteroatoms. The number of halogens is 2. The zero-order valence-corrected chi connectivity index (χ0v) is 12.5. The van der Waals surface area contributed by atoms with Gasteiger partial charge in [-0.25, -0.2) is 13.6 Å². The Morgan fingerprint density at radius 3 is 2.83 bits per heavy atom. The van der Waals surface area contributed by atoms with Crippen molar-refractivity contribution < 1.29 is 23.2 Å². The SMILES string of the molecule is COC(=O)c1ccc([N+](=O)[O-])cc1N1CCC2(C(F)F)CC2C1. The number of nitro benzene ring substituents is 1. The first-order chi connectivity index (χ1) is 10.9. The lowest BCUT2D eigenvalue weighted by molar-refractivity contribution is -0.384. The van der Waals surface area contributed by atoms with E-state index in [1.54, 1.807) is 4.90 Å². The number of carbonyl (C=O) groups is 1. The van der Waals surface area contributed by atoms with E-state index in [4.69, 9.17) is 4.74 Å². The largest absolute Gasteiger partial charge is 0.465 e. The maximum Gasteiger partial charge on any atom is 0.339 e. The number of rotatable bonds is 4. The molecule has 1 saturated carbocycles. The average molecular weight is 326 g/mol. The highest BCUT2D eigenvalue weighted by Crippen LogP contribution is 2.61. The molecule has 1 aliphatic carbocycles. The van der Waals surface area contributed by atoms with Crippen molar-refractivity contribution in [1.29, 1.82) is 0 Å². The van der Waals surface area contributed by atoms with Crippen LogP contribution in [0, 0.1) is 21.4 Å². The van der Waals surface area contributed by atoms with Crippen LogP contribution >= 0.6 is 0 Å². The molecular formula is C15H16F2N2O4. The van der Waals surface area contributed by atoms with Crippen molar-refractivity contribution in [3.63, 3.8) is 0 Å². The summed E-state index contributed by atoms with van der Waals surface area (Å²) < 4.78 is 31.0. The van der Waals surface area contributed by atoms with Gasteiger partial charge >= 0.3 is 5.97 Å². The molecule has 0 spiro atoms. The van der Waals surface area contributed by atoms with Crippen molar-refractivity contribution in [1.82, 2.24) is 0 Å². The van der Waals surface area contributed by atoms with Gasteiger partial charge in [-0.2, -0.15) is 0 Å². The van der Waals surface area contributed by atoms with Gasteiger partial charge in [0.05, 0.1) is 23.3 Å². The molecule has 1 aromatic carbocycles. The van der Waals surface area contributed by atoms with E-state index in [1.807, 2.05) is 0 Å². The summed E-state index contributed by atoms with van der Waals surface area (Å²) in [6.45, 7) is 0.710. The predicted octanol–water partition coefficient (Wildman–Crippen LogP) is 2.86. The first-order valence-electron chi connectivity index (χ1n) is 7.29. The van der Waals surface area contributed by atoms with Crippen LogP contribution in [0.1, 0.15) is 23.2 Å². The van der Waals surface area contributed by atoms with Crippen molar-refractivity contribution in [3.05, 3.63) is 33.9 Å². The number of fused-ring (bicyclic) bond motifs is 1. The molecule has 1 aliphatic heterocycles. The molecule has 0 radical (unpaired) electrons. The number of nitrogens with zero attached hydrogens (tertiary/aromatic N) is 2. The number of anilines is 1. The summed E-state index contributed by atoms with van der Waals surface area (Å²) in [6, 6.07) is 3.89. The fraction of sp³-hybridized carbons (Fsp3) is 0.533. The summed E-state index contributed by atoms with van der Waals surface area (Å²) in [5, 5.41) is 11.0. The number of hydrogen-bond acceptors (Lipinski definition) is 5. The third kappa shape index (κ3) is 2.51. The Kier molecular flexibility index (Phi) is 3.69. The normalized spacial score (nSPS) is 25.9. The summed E-state index contributed by atoms with van der Waals surface area (Å²) in [4.78, 5) is 24.1. The molecular weight excluding hydrogens is 310 g/mol. The van der Waals surface area contributed by atoms with Crippen LogP contribution in [0.25, 0.3) is 0 Å². The molecule has 1 heterocycles. The highest BCUT2D eigenvalue weighted by atomic mass is 19.3. The quantitative estimate of drug-likeness (QED) is 0.483. The van der Waals surface area contributed by atoms with Crippen molar-refractivity contribution in [2.75, 3.05) is 25.1 Å². The van der Waals surface area contributed by atoms with E-state index in [2.05, 4.69) is 0 Å². The summed E-state index contributed by atoms with van der Waals surface area (Å²) in [6.07, 6.45) is -1.57. The number of carbonyl (C=O) groups excluding carboxylic acids is 1. The number of hydrogen-bond donors (Lipinski definition) is 0. The number of alkyl halides is 2. The molecule has 124 valence electrons. The highest BCUT2D eigenvalue weighted by Gasteiger charge is 2.62. The fourth-order valence-corrected chi connectivity index (χ4v) is 3.43. The van der Waals surface area contributed by atoms with Gasteiger partial charge < -0.3 is 9.64 Å². The molecule has 23 heavy (non-hydrogen) atoms. The minimum atomic E-state index is -2.35. The second kappa shape index (κ2) is 5.43. The van der Waals surface area contributed by atoms with Gasteiger partial charge in [0.1, 0.15) is 0 Å². The average Bonchev–Trinajstić information content (AvgIpc) is 3.28. The Hall–Kier alpha value is -2.25. The first kappa shape index (κ1) is 15.6. The Morgan fingerprint density at radius 1 is 1.52 bits per heavy atom. The topological polar surface area (TPSA) is 72.7 Å². The van der Waals surface area contributed by atoms with Crippen LogP contribution in [0.2, 0.25) is 0 Å². The van der Waals surface area contributed by atoms with Gasteiger partial charge in [-0.15, -0.1) is 0 Å². The van der Waals surface area contributed by atoms with E-state index in [0.717, 1.165) is 0 Å². The van der Waals surface area contributed by atoms with E-state index < -0.39 is 22.7 Å². The minimum Gasteiger partial charge on any atom is -0.465 e. The number of esters is 1. The van der Waals surface area contributed by atoms with Crippen LogP contribution in [0.15, 0.2) is 18.2 Å². The summed E-state index contributed by atoms with van der Waals surface area (Å²) >= 11 is 0. The predicted molar refractivity (Wildman–Crippen MR) is 77.8 cm³/mol. The number of ether oxygens (including phenoxy) is 1. The van der Waals surface area contributed by atoms with Gasteiger partial charge in [-0.3, -0.25) is 10.1 Å². The van der Waals surface area contributed by atoms with Gasteiger partial charge in [0, 0.05) is 30.6 Å². The smallest absolute Gasteiger partial charge is 0.339 e. The lowest BCUT2D eigenvalue weighted by atomic mass is 9.95. The van der Waals surface area contributed by atoms with E-state index in [0.29, 0.717) is 31.6 Å². The molecule has 2 unspecified atom stereocenters. The van der Waals surface area contributed by atoms with Crippen LogP contribution in [0.4, 0.5) is 20.2 Å². The van der Waals surface area contributed by atoms with Crippen LogP contribution in [-0.4, -0.2) is 37.5 Å². The van der Waals surface area contributed by atoms with Gasteiger partial charge in [0.2, 0.25) is 6.43 Å². The van der Waals surface area contributed by atoms with Crippen LogP contribution in [0.5, 0.6) is 0 Å². The maximum atomic E-state index is 13.1. The van der Waals surface area contributed by atoms with Crippen molar-refractivity contribution in [2.45, 2.75) is 19.3 Å². The Morgan fingerprint density at radius 2 is 2.26 bits per heavy atom. The lowest BCUT2D eigenvalue weighted by Gasteiger charge is -2.33. The lowest BCUT2D eigenvalue weighted by Crippen LogP contribution is -2.38. The van der Waals surface area contributed by atoms with E-state index in [1.165, 1.54) is 25.3 Å². The van der Waals surface area contributed by atoms with Crippen molar-refractivity contribution in [2.24, 2.45) is 11.3 Å². The number of benzene rings is 1. The molecule has 0 amide bonds. The monoisotopic (exact) mass is 326 g/mol. The minimum absolute atomic E-state index is 0.138. The third-order valence-electron chi connectivity index (χ3n) is 4.94. The molecule has 0 bridgehead atoms. The fourth-order valence-electron chi connectivity index (χ4n) is 3.43. The first-order valence-corrected chi connectivity index (χ1v) is 7.29. The number of nitro groups is 1. The molecule has 2 aliphatic rings. The van der Waals surface area contributed by atoms with E-state index in [-0.39, 0.29) is 17.2 Å². The number of non-ortho nitro benzene ring substituents is 1. The van der Waals surface area contributed by atoms with Crippen LogP contribution in [0.3, 0.4) is 0 Å². The molecule has 2 fully saturated rings. The molecule has 1 aromatic rings. The zero-order chi connectivity index (χ0) is 16.8. The van der Waals surface area contributed by atoms with Crippen molar-refractivity contribution >= 4 is 17.3 Å². The molecule has 2 atom stereocenters. The highest BCUT2D eigenvalue weighted by molar-refractivity contribution is 5.96. The Balaban J connectivity index is 1.91. The summed E-state index contributed by atoms with van der Waals surface area (Å²) in [5.41, 5.74) is -0.457. The summed E-state index contributed by atoms with van der Waals surface area (Å²) in [7, 11) is 1.23. The maximum absolute atomic E-state index is 13.1. The number of piperidine rings is 1. The van der Waals surface area contributed by atoms with E-state index >= 15 is 0 Å². The molecule has 3 rings (SSSR count).